The molecular formula is C12H15ClN2. The third-order valence-corrected chi connectivity index (χ3v) is 3.06. The summed E-state index contributed by atoms with van der Waals surface area (Å²) in [5.74, 6) is 1.30. The van der Waals surface area contributed by atoms with E-state index in [0.717, 1.165) is 19.5 Å². The number of hydrogen-bond donors (Lipinski definition) is 0. The number of piperidine rings is 1. The van der Waals surface area contributed by atoms with E-state index in [0.29, 0.717) is 0 Å². The van der Waals surface area contributed by atoms with Gasteiger partial charge in [-0.15, -0.1) is 12.4 Å². The molecule has 0 aliphatic carbocycles. The molecule has 0 atom stereocenters. The minimum Gasteiger partial charge on any atom is -0.330 e. The van der Waals surface area contributed by atoms with Crippen LogP contribution in [0.15, 0.2) is 29.3 Å². The predicted octanol–water partition coefficient (Wildman–Crippen LogP) is 3.01. The zero-order valence-corrected chi connectivity index (χ0v) is 9.46. The van der Waals surface area contributed by atoms with Crippen molar-refractivity contribution in [1.82, 2.24) is 0 Å². The van der Waals surface area contributed by atoms with Crippen LogP contribution >= 0.6 is 12.4 Å². The number of hydrogen-bond acceptors (Lipinski definition) is 2. The van der Waals surface area contributed by atoms with Crippen LogP contribution in [0.1, 0.15) is 24.8 Å². The number of fused-ring (bicyclic) bond motifs is 3. The molecule has 3 rings (SSSR count). The summed E-state index contributed by atoms with van der Waals surface area (Å²) in [6.07, 6.45) is 3.76. The molecular weight excluding hydrogens is 208 g/mol. The van der Waals surface area contributed by atoms with Gasteiger partial charge in [0.25, 0.3) is 0 Å². The highest BCUT2D eigenvalue weighted by molar-refractivity contribution is 6.00. The molecule has 0 N–H and O–H groups in total. The van der Waals surface area contributed by atoms with Crippen molar-refractivity contribution in [3.63, 3.8) is 0 Å². The fraction of sp³-hybridized carbons (Fsp3) is 0.417. The van der Waals surface area contributed by atoms with E-state index in [2.05, 4.69) is 34.2 Å². The van der Waals surface area contributed by atoms with Crippen LogP contribution in [-0.4, -0.2) is 12.4 Å². The van der Waals surface area contributed by atoms with Crippen molar-refractivity contribution in [3.05, 3.63) is 29.8 Å². The Labute approximate surface area is 96.4 Å². The second-order valence-electron chi connectivity index (χ2n) is 3.97. The molecule has 0 bridgehead atoms. The monoisotopic (exact) mass is 222 g/mol. The molecule has 80 valence electrons. The molecule has 15 heavy (non-hydrogen) atoms. The van der Waals surface area contributed by atoms with Crippen LogP contribution in [0.2, 0.25) is 0 Å². The van der Waals surface area contributed by atoms with E-state index in [9.17, 15) is 0 Å². The summed E-state index contributed by atoms with van der Waals surface area (Å²) in [6.45, 7) is 2.03. The van der Waals surface area contributed by atoms with E-state index in [4.69, 9.17) is 0 Å². The maximum atomic E-state index is 4.64. The van der Waals surface area contributed by atoms with Gasteiger partial charge in [-0.1, -0.05) is 18.2 Å². The van der Waals surface area contributed by atoms with Gasteiger partial charge in [-0.25, -0.2) is 0 Å². The van der Waals surface area contributed by atoms with E-state index in [1.165, 1.54) is 29.9 Å². The molecule has 2 aliphatic rings. The summed E-state index contributed by atoms with van der Waals surface area (Å²) in [5.41, 5.74) is 2.76. The molecule has 1 saturated heterocycles. The Morgan fingerprint density at radius 2 is 2.00 bits per heavy atom. The Balaban J connectivity index is 0.000000853. The second kappa shape index (κ2) is 4.23. The number of rotatable bonds is 0. The van der Waals surface area contributed by atoms with Crippen molar-refractivity contribution in [2.24, 2.45) is 4.99 Å². The van der Waals surface area contributed by atoms with Crippen LogP contribution in [0.4, 0.5) is 5.69 Å². The molecule has 2 nitrogen and oxygen atoms in total. The number of nitrogens with zero attached hydrogens (tertiary/aromatic N) is 2. The normalized spacial score (nSPS) is 18.4. The largest absolute Gasteiger partial charge is 0.330 e. The first-order chi connectivity index (χ1) is 6.95. The van der Waals surface area contributed by atoms with Crippen molar-refractivity contribution < 1.29 is 0 Å². The first-order valence-corrected chi connectivity index (χ1v) is 5.34. The van der Waals surface area contributed by atoms with E-state index < -0.39 is 0 Å². The molecule has 0 aromatic heterocycles. The quantitative estimate of drug-likeness (QED) is 0.659. The highest BCUT2D eigenvalue weighted by atomic mass is 35.5. The highest BCUT2D eigenvalue weighted by Gasteiger charge is 2.22. The summed E-state index contributed by atoms with van der Waals surface area (Å²) < 4.78 is 0. The fourth-order valence-corrected chi connectivity index (χ4v) is 2.33. The van der Waals surface area contributed by atoms with Crippen LogP contribution in [0.3, 0.4) is 0 Å². The molecule has 1 aromatic rings. The molecule has 0 amide bonds. The van der Waals surface area contributed by atoms with Gasteiger partial charge < -0.3 is 4.90 Å². The van der Waals surface area contributed by atoms with Gasteiger partial charge in [0.1, 0.15) is 5.84 Å². The topological polar surface area (TPSA) is 15.6 Å². The number of para-hydroxylation sites is 1. The van der Waals surface area contributed by atoms with E-state index >= 15 is 0 Å². The lowest BCUT2D eigenvalue weighted by atomic mass is 10.0. The lowest BCUT2D eigenvalue weighted by molar-refractivity contribution is 0.696. The van der Waals surface area contributed by atoms with Gasteiger partial charge in [0.2, 0.25) is 0 Å². The van der Waals surface area contributed by atoms with Gasteiger partial charge in [-0.3, -0.25) is 4.99 Å². The van der Waals surface area contributed by atoms with Gasteiger partial charge in [0.15, 0.2) is 0 Å². The third-order valence-electron chi connectivity index (χ3n) is 3.06. The molecule has 1 aromatic carbocycles. The van der Waals surface area contributed by atoms with Gasteiger partial charge in [0, 0.05) is 18.7 Å². The van der Waals surface area contributed by atoms with Gasteiger partial charge in [0.05, 0.1) is 6.54 Å². The van der Waals surface area contributed by atoms with Crippen molar-refractivity contribution in [2.45, 2.75) is 25.8 Å². The minimum atomic E-state index is 0. The second-order valence-corrected chi connectivity index (χ2v) is 3.97. The molecule has 0 radical (unpaired) electrons. The van der Waals surface area contributed by atoms with Gasteiger partial charge >= 0.3 is 0 Å². The summed E-state index contributed by atoms with van der Waals surface area (Å²) >= 11 is 0. The molecule has 2 heterocycles. The number of aliphatic imine (C=N–C) groups is 1. The maximum Gasteiger partial charge on any atom is 0.104 e. The Bertz CT molecular complexity index is 387. The first kappa shape index (κ1) is 10.5. The van der Waals surface area contributed by atoms with Crippen molar-refractivity contribution in [2.75, 3.05) is 11.4 Å². The van der Waals surface area contributed by atoms with Crippen LogP contribution in [-0.2, 0) is 6.54 Å². The molecule has 2 aliphatic heterocycles. The zero-order chi connectivity index (χ0) is 9.38. The Kier molecular flexibility index (Phi) is 2.96. The summed E-state index contributed by atoms with van der Waals surface area (Å²) in [7, 11) is 0. The Hall–Kier alpha value is -1.02. The summed E-state index contributed by atoms with van der Waals surface area (Å²) in [4.78, 5) is 7.03. The summed E-state index contributed by atoms with van der Waals surface area (Å²) in [5, 5.41) is 0. The van der Waals surface area contributed by atoms with Crippen LogP contribution < -0.4 is 4.90 Å². The zero-order valence-electron chi connectivity index (χ0n) is 8.65. The minimum absolute atomic E-state index is 0. The van der Waals surface area contributed by atoms with Crippen molar-refractivity contribution in [3.8, 4) is 0 Å². The SMILES string of the molecule is Cl.c1ccc2c(c1)CN=C1CCCCN12. The third kappa shape index (κ3) is 1.74. The summed E-state index contributed by atoms with van der Waals surface area (Å²) in [6, 6.07) is 8.62. The predicted molar refractivity (Wildman–Crippen MR) is 66.0 cm³/mol. The van der Waals surface area contributed by atoms with E-state index in [1.807, 2.05) is 0 Å². The smallest absolute Gasteiger partial charge is 0.104 e. The van der Waals surface area contributed by atoms with Gasteiger partial charge in [-0.2, -0.15) is 0 Å². The Morgan fingerprint density at radius 1 is 1.13 bits per heavy atom. The Morgan fingerprint density at radius 3 is 2.93 bits per heavy atom. The van der Waals surface area contributed by atoms with Crippen LogP contribution in [0, 0.1) is 0 Å². The average Bonchev–Trinajstić information content (AvgIpc) is 2.29. The maximum absolute atomic E-state index is 4.64. The molecule has 0 unspecified atom stereocenters. The molecule has 1 fully saturated rings. The standard InChI is InChI=1S/C12H14N2.ClH/c1-2-6-11-10(5-1)9-13-12-7-3-4-8-14(11)12;/h1-2,5-6H,3-4,7-9H2;1H. The lowest BCUT2D eigenvalue weighted by Gasteiger charge is -2.34. The molecule has 0 spiro atoms. The number of anilines is 1. The van der Waals surface area contributed by atoms with E-state index in [1.54, 1.807) is 0 Å². The first-order valence-electron chi connectivity index (χ1n) is 5.34. The number of benzene rings is 1. The number of halogens is 1. The van der Waals surface area contributed by atoms with Crippen molar-refractivity contribution in [1.29, 1.82) is 0 Å². The lowest BCUT2D eigenvalue weighted by Crippen LogP contribution is -2.38. The van der Waals surface area contributed by atoms with E-state index in [-0.39, 0.29) is 12.4 Å². The van der Waals surface area contributed by atoms with Crippen LogP contribution in [0.25, 0.3) is 0 Å². The van der Waals surface area contributed by atoms with Crippen molar-refractivity contribution >= 4 is 23.9 Å². The molecule has 0 saturated carbocycles. The fourth-order valence-electron chi connectivity index (χ4n) is 2.33. The van der Waals surface area contributed by atoms with Gasteiger partial charge in [-0.05, 0) is 24.5 Å². The molecule has 3 heteroatoms. The number of amidine groups is 1. The highest BCUT2D eigenvalue weighted by Crippen LogP contribution is 2.29. The average molecular weight is 223 g/mol. The van der Waals surface area contributed by atoms with Crippen LogP contribution in [0.5, 0.6) is 0 Å².